The highest BCUT2D eigenvalue weighted by atomic mass is 16.2. The van der Waals surface area contributed by atoms with Crippen LogP contribution < -0.4 is 16.4 Å². The monoisotopic (exact) mass is 221 g/mol. The van der Waals surface area contributed by atoms with Crippen LogP contribution >= 0.6 is 0 Å². The molecule has 5 nitrogen and oxygen atoms in total. The van der Waals surface area contributed by atoms with Crippen LogP contribution in [-0.2, 0) is 4.79 Å². The average Bonchev–Trinajstić information content (AvgIpc) is 2.29. The van der Waals surface area contributed by atoms with Gasteiger partial charge < -0.3 is 16.4 Å². The van der Waals surface area contributed by atoms with E-state index >= 15 is 0 Å². The van der Waals surface area contributed by atoms with Gasteiger partial charge in [0.1, 0.15) is 0 Å². The third-order valence-electron chi connectivity index (χ3n) is 2.04. The highest BCUT2D eigenvalue weighted by molar-refractivity contribution is 6.03. The van der Waals surface area contributed by atoms with Crippen molar-refractivity contribution in [2.45, 2.75) is 6.42 Å². The third-order valence-corrected chi connectivity index (χ3v) is 2.04. The van der Waals surface area contributed by atoms with Crippen molar-refractivity contribution < 1.29 is 9.59 Å². The molecule has 86 valence electrons. The lowest BCUT2D eigenvalue weighted by atomic mass is 10.1. The van der Waals surface area contributed by atoms with E-state index in [4.69, 9.17) is 5.73 Å². The first-order valence-corrected chi connectivity index (χ1v) is 5.00. The summed E-state index contributed by atoms with van der Waals surface area (Å²) in [5.74, 6) is -0.428. The van der Waals surface area contributed by atoms with E-state index < -0.39 is 0 Å². The van der Waals surface area contributed by atoms with Gasteiger partial charge in [-0.25, -0.2) is 0 Å². The van der Waals surface area contributed by atoms with E-state index in [0.717, 1.165) is 0 Å². The highest BCUT2D eigenvalue weighted by Crippen LogP contribution is 2.14. The Bertz CT molecular complexity index is 391. The molecule has 0 spiro atoms. The normalized spacial score (nSPS) is 9.62. The largest absolute Gasteiger partial charge is 0.355 e. The molecule has 0 aliphatic rings. The maximum atomic E-state index is 11.5. The van der Waals surface area contributed by atoms with E-state index in [2.05, 4.69) is 10.6 Å². The lowest BCUT2D eigenvalue weighted by molar-refractivity contribution is -0.116. The second kappa shape index (κ2) is 5.87. The summed E-state index contributed by atoms with van der Waals surface area (Å²) in [7, 11) is 1.54. The quantitative estimate of drug-likeness (QED) is 0.685. The fourth-order valence-electron chi connectivity index (χ4n) is 1.27. The topological polar surface area (TPSA) is 84.2 Å². The van der Waals surface area contributed by atoms with Gasteiger partial charge >= 0.3 is 0 Å². The van der Waals surface area contributed by atoms with Crippen LogP contribution in [0.5, 0.6) is 0 Å². The molecule has 1 aromatic rings. The zero-order chi connectivity index (χ0) is 12.0. The molecule has 0 bridgehead atoms. The van der Waals surface area contributed by atoms with E-state index in [1.807, 2.05) is 0 Å². The van der Waals surface area contributed by atoms with Crippen LogP contribution in [0.3, 0.4) is 0 Å². The Morgan fingerprint density at radius 1 is 1.31 bits per heavy atom. The van der Waals surface area contributed by atoms with E-state index in [1.165, 1.54) is 0 Å². The van der Waals surface area contributed by atoms with Gasteiger partial charge in [-0.1, -0.05) is 12.1 Å². The van der Waals surface area contributed by atoms with Gasteiger partial charge in [-0.05, 0) is 12.1 Å². The number of rotatable bonds is 4. The number of hydrogen-bond donors (Lipinski definition) is 3. The van der Waals surface area contributed by atoms with Gasteiger partial charge in [-0.15, -0.1) is 0 Å². The average molecular weight is 221 g/mol. The molecule has 0 atom stereocenters. The molecule has 0 unspecified atom stereocenters. The van der Waals surface area contributed by atoms with Crippen LogP contribution in [0, 0.1) is 0 Å². The Morgan fingerprint density at radius 3 is 2.62 bits per heavy atom. The van der Waals surface area contributed by atoms with Crippen LogP contribution in [0.4, 0.5) is 5.69 Å². The Balaban J connectivity index is 2.87. The maximum Gasteiger partial charge on any atom is 0.253 e. The van der Waals surface area contributed by atoms with Crippen molar-refractivity contribution in [1.82, 2.24) is 5.32 Å². The molecular weight excluding hydrogens is 206 g/mol. The Morgan fingerprint density at radius 2 is 2.00 bits per heavy atom. The molecule has 1 aromatic carbocycles. The van der Waals surface area contributed by atoms with Crippen molar-refractivity contribution in [1.29, 1.82) is 0 Å². The summed E-state index contributed by atoms with van der Waals surface area (Å²) in [6.45, 7) is 0.286. The van der Waals surface area contributed by atoms with Crippen LogP contribution in [0.1, 0.15) is 16.8 Å². The highest BCUT2D eigenvalue weighted by Gasteiger charge is 2.10. The summed E-state index contributed by atoms with van der Waals surface area (Å²) in [4.78, 5) is 22.8. The minimum absolute atomic E-state index is 0.196. The summed E-state index contributed by atoms with van der Waals surface area (Å²) < 4.78 is 0. The third kappa shape index (κ3) is 3.06. The Hall–Kier alpha value is -1.88. The number of amides is 2. The summed E-state index contributed by atoms with van der Waals surface area (Å²) in [5.41, 5.74) is 6.21. The standard InChI is InChI=1S/C11H15N3O2/c1-13-11(16)8-4-2-3-5-9(8)14-10(15)6-7-12/h2-5H,6-7,12H2,1H3,(H,13,16)(H,14,15). The summed E-state index contributed by atoms with van der Waals surface area (Å²) in [6, 6.07) is 6.82. The number of hydrogen-bond acceptors (Lipinski definition) is 3. The molecule has 0 aliphatic carbocycles. The molecule has 0 aromatic heterocycles. The summed E-state index contributed by atoms with van der Waals surface area (Å²) in [6.07, 6.45) is 0.238. The van der Waals surface area contributed by atoms with Crippen LogP contribution in [0.2, 0.25) is 0 Å². The Labute approximate surface area is 94.0 Å². The number of benzene rings is 1. The molecule has 16 heavy (non-hydrogen) atoms. The van der Waals surface area contributed by atoms with E-state index in [0.29, 0.717) is 11.3 Å². The van der Waals surface area contributed by atoms with Crippen molar-refractivity contribution in [3.63, 3.8) is 0 Å². The number of carbonyl (C=O) groups excluding carboxylic acids is 2. The summed E-state index contributed by atoms with van der Waals surface area (Å²) >= 11 is 0. The number of carbonyl (C=O) groups is 2. The van der Waals surface area contributed by atoms with Gasteiger partial charge in [0.25, 0.3) is 5.91 Å². The van der Waals surface area contributed by atoms with E-state index in [1.54, 1.807) is 31.3 Å². The fraction of sp³-hybridized carbons (Fsp3) is 0.273. The molecule has 2 amide bonds. The lowest BCUT2D eigenvalue weighted by Gasteiger charge is -2.09. The van der Waals surface area contributed by atoms with Gasteiger partial charge in [-0.2, -0.15) is 0 Å². The Kier molecular flexibility index (Phi) is 4.47. The minimum atomic E-state index is -0.233. The molecule has 0 saturated heterocycles. The molecule has 0 heterocycles. The summed E-state index contributed by atoms with van der Waals surface area (Å²) in [5, 5.41) is 5.16. The van der Waals surface area contributed by atoms with E-state index in [-0.39, 0.29) is 24.8 Å². The smallest absolute Gasteiger partial charge is 0.253 e. The van der Waals surface area contributed by atoms with Crippen molar-refractivity contribution >= 4 is 17.5 Å². The SMILES string of the molecule is CNC(=O)c1ccccc1NC(=O)CCN. The van der Waals surface area contributed by atoms with Crippen molar-refractivity contribution in [2.24, 2.45) is 5.73 Å². The van der Waals surface area contributed by atoms with Gasteiger partial charge in [0.2, 0.25) is 5.91 Å². The van der Waals surface area contributed by atoms with Crippen LogP contribution in [0.15, 0.2) is 24.3 Å². The first-order valence-electron chi connectivity index (χ1n) is 5.00. The van der Waals surface area contributed by atoms with Gasteiger partial charge in [0.05, 0.1) is 11.3 Å². The van der Waals surface area contributed by atoms with Crippen LogP contribution in [-0.4, -0.2) is 25.4 Å². The number of nitrogens with one attached hydrogen (secondary N) is 2. The van der Waals surface area contributed by atoms with Gasteiger partial charge in [0.15, 0.2) is 0 Å². The van der Waals surface area contributed by atoms with E-state index in [9.17, 15) is 9.59 Å². The predicted octanol–water partition coefficient (Wildman–Crippen LogP) is 0.333. The van der Waals surface area contributed by atoms with Gasteiger partial charge in [0, 0.05) is 20.0 Å². The number of anilines is 1. The van der Waals surface area contributed by atoms with Crippen molar-refractivity contribution in [3.8, 4) is 0 Å². The molecule has 1 rings (SSSR count). The lowest BCUT2D eigenvalue weighted by Crippen LogP contribution is -2.22. The van der Waals surface area contributed by atoms with Crippen molar-refractivity contribution in [2.75, 3.05) is 18.9 Å². The molecule has 0 radical (unpaired) electrons. The minimum Gasteiger partial charge on any atom is -0.355 e. The predicted molar refractivity (Wildman–Crippen MR) is 62.1 cm³/mol. The van der Waals surface area contributed by atoms with Crippen LogP contribution in [0.25, 0.3) is 0 Å². The molecule has 4 N–H and O–H groups in total. The fourth-order valence-corrected chi connectivity index (χ4v) is 1.27. The second-order valence-electron chi connectivity index (χ2n) is 3.21. The van der Waals surface area contributed by atoms with Crippen molar-refractivity contribution in [3.05, 3.63) is 29.8 Å². The number of para-hydroxylation sites is 1. The zero-order valence-electron chi connectivity index (χ0n) is 9.12. The maximum absolute atomic E-state index is 11.5. The van der Waals surface area contributed by atoms with Gasteiger partial charge in [-0.3, -0.25) is 9.59 Å². The second-order valence-corrected chi connectivity index (χ2v) is 3.21. The number of nitrogens with two attached hydrogens (primary N) is 1. The molecular formula is C11H15N3O2. The first kappa shape index (κ1) is 12.2. The molecule has 5 heteroatoms. The molecule has 0 saturated carbocycles. The molecule has 0 fully saturated rings. The first-order chi connectivity index (χ1) is 7.69. The zero-order valence-corrected chi connectivity index (χ0v) is 9.12. The molecule has 0 aliphatic heterocycles.